The molecule has 3 amide bonds. The number of benzene rings is 1. The van der Waals surface area contributed by atoms with Gasteiger partial charge in [-0.25, -0.2) is 0 Å². The lowest BCUT2D eigenvalue weighted by Gasteiger charge is -2.36. The number of amides is 3. The Kier molecular flexibility index (Phi) is 7.03. The molecule has 1 heterocycles. The van der Waals surface area contributed by atoms with Gasteiger partial charge in [0.05, 0.1) is 6.61 Å². The van der Waals surface area contributed by atoms with Gasteiger partial charge in [-0.05, 0) is 43.7 Å². The number of carbonyl (C=O) groups is 3. The predicted molar refractivity (Wildman–Crippen MR) is 105 cm³/mol. The van der Waals surface area contributed by atoms with E-state index in [1.165, 1.54) is 0 Å². The third-order valence-electron chi connectivity index (χ3n) is 5.46. The van der Waals surface area contributed by atoms with Crippen LogP contribution in [0.4, 0.5) is 0 Å². The number of ether oxygens (including phenoxy) is 1. The number of nitrogens with zero attached hydrogens (tertiary/aromatic N) is 1. The van der Waals surface area contributed by atoms with Crippen LogP contribution in [-0.4, -0.2) is 62.0 Å². The molecule has 2 N–H and O–H groups in total. The molecule has 7 heteroatoms. The summed E-state index contributed by atoms with van der Waals surface area (Å²) in [6.45, 7) is 2.09. The molecule has 1 aromatic carbocycles. The van der Waals surface area contributed by atoms with E-state index >= 15 is 0 Å². The molecule has 28 heavy (non-hydrogen) atoms. The van der Waals surface area contributed by atoms with E-state index in [4.69, 9.17) is 4.74 Å². The number of hydrogen-bond acceptors (Lipinski definition) is 4. The summed E-state index contributed by atoms with van der Waals surface area (Å²) in [7, 11) is 1.58. The van der Waals surface area contributed by atoms with Gasteiger partial charge in [0, 0.05) is 38.2 Å². The molecule has 0 spiro atoms. The van der Waals surface area contributed by atoms with Crippen LogP contribution < -0.4 is 10.6 Å². The highest BCUT2D eigenvalue weighted by atomic mass is 16.5. The van der Waals surface area contributed by atoms with Crippen molar-refractivity contribution in [3.63, 3.8) is 0 Å². The number of likely N-dealkylation sites (tertiary alicyclic amines) is 1. The fourth-order valence-electron chi connectivity index (χ4n) is 3.64. The van der Waals surface area contributed by atoms with Crippen molar-refractivity contribution in [3.8, 4) is 0 Å². The topological polar surface area (TPSA) is 87.7 Å². The zero-order valence-corrected chi connectivity index (χ0v) is 16.4. The zero-order chi connectivity index (χ0) is 19.9. The summed E-state index contributed by atoms with van der Waals surface area (Å²) >= 11 is 0. The summed E-state index contributed by atoms with van der Waals surface area (Å²) in [5.41, 5.74) is 0.526. The fourth-order valence-corrected chi connectivity index (χ4v) is 3.64. The number of piperidine rings is 1. The van der Waals surface area contributed by atoms with Crippen LogP contribution >= 0.6 is 0 Å². The molecule has 1 saturated heterocycles. The molecular weight excluding hydrogens is 358 g/mol. The van der Waals surface area contributed by atoms with Crippen LogP contribution in [0.3, 0.4) is 0 Å². The second-order valence-corrected chi connectivity index (χ2v) is 7.54. The van der Waals surface area contributed by atoms with Crippen LogP contribution in [0.1, 0.15) is 36.0 Å². The molecular formula is C21H29N3O4. The molecule has 152 valence electrons. The Balaban J connectivity index is 1.63. The summed E-state index contributed by atoms with van der Waals surface area (Å²) < 4.78 is 4.99. The Morgan fingerprint density at radius 3 is 2.39 bits per heavy atom. The van der Waals surface area contributed by atoms with Gasteiger partial charge >= 0.3 is 0 Å². The second-order valence-electron chi connectivity index (χ2n) is 7.54. The van der Waals surface area contributed by atoms with E-state index in [1.807, 2.05) is 11.0 Å². The fraction of sp³-hybridized carbons (Fsp3) is 0.571. The lowest BCUT2D eigenvalue weighted by atomic mass is 9.88. The van der Waals surface area contributed by atoms with Gasteiger partial charge in [0.15, 0.2) is 0 Å². The van der Waals surface area contributed by atoms with Gasteiger partial charge in [0.2, 0.25) is 11.8 Å². The van der Waals surface area contributed by atoms with E-state index < -0.39 is 6.04 Å². The third kappa shape index (κ3) is 5.32. The molecule has 0 unspecified atom stereocenters. The van der Waals surface area contributed by atoms with Crippen molar-refractivity contribution in [2.75, 3.05) is 33.4 Å². The largest absolute Gasteiger partial charge is 0.383 e. The molecule has 1 saturated carbocycles. The lowest BCUT2D eigenvalue weighted by molar-refractivity contribution is -0.134. The minimum atomic E-state index is -0.622. The average molecular weight is 387 g/mol. The van der Waals surface area contributed by atoms with Gasteiger partial charge < -0.3 is 20.3 Å². The third-order valence-corrected chi connectivity index (χ3v) is 5.46. The normalized spacial score (nSPS) is 18.4. The molecule has 1 aromatic rings. The highest BCUT2D eigenvalue weighted by Crippen LogP contribution is 2.33. The summed E-state index contributed by atoms with van der Waals surface area (Å²) in [4.78, 5) is 39.6. The van der Waals surface area contributed by atoms with E-state index in [9.17, 15) is 14.4 Å². The summed E-state index contributed by atoms with van der Waals surface area (Å²) in [6.07, 6.45) is 3.40. The first-order valence-corrected chi connectivity index (χ1v) is 10.0. The summed E-state index contributed by atoms with van der Waals surface area (Å²) in [5, 5.41) is 5.75. The van der Waals surface area contributed by atoms with E-state index in [0.29, 0.717) is 44.6 Å². The standard InChI is InChI=1S/C21H29N3O4/c1-28-14-11-22-20(26)18(23-19(25)16-5-3-2-4-6-16)15-9-12-24(13-10-15)21(27)17-7-8-17/h2-6,15,17-18H,7-14H2,1H3,(H,22,26)(H,23,25)/t18-/m1/s1. The Morgan fingerprint density at radius 2 is 1.79 bits per heavy atom. The molecule has 1 atom stereocenters. The molecule has 3 rings (SSSR count). The van der Waals surface area contributed by atoms with Crippen LogP contribution in [0.25, 0.3) is 0 Å². The molecule has 0 radical (unpaired) electrons. The highest BCUT2D eigenvalue weighted by molar-refractivity contribution is 5.97. The number of rotatable bonds is 8. The quantitative estimate of drug-likeness (QED) is 0.656. The first kappa shape index (κ1) is 20.3. The Morgan fingerprint density at radius 1 is 1.11 bits per heavy atom. The van der Waals surface area contributed by atoms with Crippen LogP contribution in [-0.2, 0) is 14.3 Å². The first-order chi connectivity index (χ1) is 13.6. The molecule has 1 aliphatic carbocycles. The van der Waals surface area contributed by atoms with Crippen LogP contribution in [0, 0.1) is 11.8 Å². The highest BCUT2D eigenvalue weighted by Gasteiger charge is 2.38. The maximum Gasteiger partial charge on any atom is 0.251 e. The van der Waals surface area contributed by atoms with Crippen molar-refractivity contribution in [1.82, 2.24) is 15.5 Å². The zero-order valence-electron chi connectivity index (χ0n) is 16.4. The van der Waals surface area contributed by atoms with Gasteiger partial charge in [0.1, 0.15) is 6.04 Å². The monoisotopic (exact) mass is 387 g/mol. The Hall–Kier alpha value is -2.41. The average Bonchev–Trinajstić information content (AvgIpc) is 3.57. The van der Waals surface area contributed by atoms with Crippen LogP contribution in [0.5, 0.6) is 0 Å². The van der Waals surface area contributed by atoms with Gasteiger partial charge in [-0.3, -0.25) is 14.4 Å². The molecule has 2 fully saturated rings. The van der Waals surface area contributed by atoms with Crippen molar-refractivity contribution in [2.24, 2.45) is 11.8 Å². The molecule has 0 bridgehead atoms. The van der Waals surface area contributed by atoms with Crippen molar-refractivity contribution in [1.29, 1.82) is 0 Å². The second kappa shape index (κ2) is 9.68. The maximum absolute atomic E-state index is 12.8. The van der Waals surface area contributed by atoms with E-state index in [0.717, 1.165) is 12.8 Å². The SMILES string of the molecule is COCCNC(=O)[C@H](NC(=O)c1ccccc1)C1CCN(C(=O)C2CC2)CC1. The van der Waals surface area contributed by atoms with Crippen molar-refractivity contribution < 1.29 is 19.1 Å². The predicted octanol–water partition coefficient (Wildman–Crippen LogP) is 1.20. The smallest absolute Gasteiger partial charge is 0.251 e. The first-order valence-electron chi connectivity index (χ1n) is 10.0. The molecule has 0 aromatic heterocycles. The number of hydrogen-bond donors (Lipinski definition) is 2. The van der Waals surface area contributed by atoms with Crippen LogP contribution in [0.2, 0.25) is 0 Å². The van der Waals surface area contributed by atoms with E-state index in [2.05, 4.69) is 10.6 Å². The lowest BCUT2D eigenvalue weighted by Crippen LogP contribution is -2.54. The molecule has 1 aliphatic heterocycles. The molecule has 2 aliphatic rings. The van der Waals surface area contributed by atoms with Gasteiger partial charge in [-0.2, -0.15) is 0 Å². The summed E-state index contributed by atoms with van der Waals surface area (Å²) in [6, 6.07) is 8.27. The Labute approximate surface area is 165 Å². The number of carbonyl (C=O) groups excluding carboxylic acids is 3. The number of methoxy groups -OCH3 is 1. The van der Waals surface area contributed by atoms with Gasteiger partial charge in [-0.1, -0.05) is 18.2 Å². The van der Waals surface area contributed by atoms with Crippen LogP contribution in [0.15, 0.2) is 30.3 Å². The van der Waals surface area contributed by atoms with E-state index in [1.54, 1.807) is 31.4 Å². The minimum absolute atomic E-state index is 0.00143. The van der Waals surface area contributed by atoms with Crippen molar-refractivity contribution >= 4 is 17.7 Å². The summed E-state index contributed by atoms with van der Waals surface area (Å²) in [5.74, 6) is -0.00826. The maximum atomic E-state index is 12.8. The molecule has 7 nitrogen and oxygen atoms in total. The van der Waals surface area contributed by atoms with Gasteiger partial charge in [0.25, 0.3) is 5.91 Å². The van der Waals surface area contributed by atoms with Gasteiger partial charge in [-0.15, -0.1) is 0 Å². The number of nitrogens with one attached hydrogen (secondary N) is 2. The van der Waals surface area contributed by atoms with Crippen molar-refractivity contribution in [2.45, 2.75) is 31.7 Å². The van der Waals surface area contributed by atoms with E-state index in [-0.39, 0.29) is 29.6 Å². The Bertz CT molecular complexity index is 682. The van der Waals surface area contributed by atoms with Crippen molar-refractivity contribution in [3.05, 3.63) is 35.9 Å². The minimum Gasteiger partial charge on any atom is -0.383 e.